The van der Waals surface area contributed by atoms with Crippen LogP contribution in [0.1, 0.15) is 2.85 Å². The molecule has 0 aliphatic rings. The number of hydrogen-bond donors (Lipinski definition) is 0. The van der Waals surface area contributed by atoms with Crippen molar-refractivity contribution in [1.82, 2.24) is 0 Å². The van der Waals surface area contributed by atoms with Gasteiger partial charge in [-0.1, -0.05) is 0 Å². The Balaban J connectivity index is 0. The van der Waals surface area contributed by atoms with Crippen molar-refractivity contribution in [1.29, 1.82) is 0 Å². The van der Waals surface area contributed by atoms with Crippen molar-refractivity contribution < 1.29 is 62.7 Å². The second kappa shape index (κ2) is 25.2. The molecule has 3 radical (unpaired) electrons. The summed E-state index contributed by atoms with van der Waals surface area (Å²) in [5.41, 5.74) is 0. The minimum atomic E-state index is 0. The molecule has 0 aromatic carbocycles. The molecule has 0 N–H and O–H groups in total. The molecule has 0 amide bonds. The first-order valence-electron chi connectivity index (χ1n) is 0. The Kier molecular flexibility index (Phi) is 190. The van der Waals surface area contributed by atoms with Crippen LogP contribution in [0.5, 0.6) is 0 Å². The van der Waals surface area contributed by atoms with E-state index in [0.717, 1.165) is 0 Å². The average Bonchev–Trinajstić information content (AvgIpc) is 0. The van der Waals surface area contributed by atoms with Crippen molar-refractivity contribution in [3.63, 3.8) is 0 Å². The Morgan fingerprint density at radius 2 is 1.20 bits per heavy atom. The summed E-state index contributed by atoms with van der Waals surface area (Å²) >= 11 is 0. The molecule has 0 aliphatic carbocycles. The molecule has 27 valence electrons. The maximum absolute atomic E-state index is 0. The molecule has 0 unspecified atom stereocenters. The van der Waals surface area contributed by atoms with Gasteiger partial charge in [-0.2, -0.15) is 0 Å². The molecule has 0 aromatic rings. The van der Waals surface area contributed by atoms with E-state index >= 15 is 0 Å². The molecule has 5 heteroatoms. The first kappa shape index (κ1) is 37.7. The minimum Gasteiger partial charge on any atom is -1.00 e. The summed E-state index contributed by atoms with van der Waals surface area (Å²) in [4.78, 5) is 0. The van der Waals surface area contributed by atoms with Gasteiger partial charge in [0.15, 0.2) is 0 Å². The third-order valence-electron chi connectivity index (χ3n) is 0. The van der Waals surface area contributed by atoms with Gasteiger partial charge in [0.2, 0.25) is 0 Å². The molecule has 0 atom stereocenters. The fourth-order valence-corrected chi connectivity index (χ4v) is 0. The van der Waals surface area contributed by atoms with Crippen molar-refractivity contribution in [3.05, 3.63) is 0 Å². The van der Waals surface area contributed by atoms with Crippen molar-refractivity contribution in [2.75, 3.05) is 0 Å². The van der Waals surface area contributed by atoms with Gasteiger partial charge in [-0.15, -0.1) is 0 Å². The van der Waals surface area contributed by atoms with Gasteiger partial charge in [0.1, 0.15) is 0 Å². The molecule has 0 aromatic heterocycles. The van der Waals surface area contributed by atoms with E-state index in [-0.39, 0.29) is 118 Å². The van der Waals surface area contributed by atoms with Gasteiger partial charge in [-0.25, -0.2) is 0 Å². The van der Waals surface area contributed by atoms with Crippen molar-refractivity contribution in [2.24, 2.45) is 0 Å². The summed E-state index contributed by atoms with van der Waals surface area (Å²) in [5.74, 6) is 0. The smallest absolute Gasteiger partial charge is 1.00 e. The van der Waals surface area contributed by atoms with Gasteiger partial charge in [-0.05, 0) is 0 Å². The number of hydrogen-bond acceptors (Lipinski definition) is 0. The van der Waals surface area contributed by atoms with Gasteiger partial charge in [0, 0.05) is 76.9 Å². The standard InChI is InChI=1S/Ca.Mn.Se.Ti.W.2H/q+2;;;;;2*-1. The van der Waals surface area contributed by atoms with Gasteiger partial charge < -0.3 is 2.85 Å². The molecule has 0 spiro atoms. The monoisotopic (exact) mass is 409 g/mol. The van der Waals surface area contributed by atoms with Crippen LogP contribution in [0, 0.1) is 0 Å². The molecular weight excluding hydrogens is 406 g/mol. The zero-order valence-electron chi connectivity index (χ0n) is 4.40. The van der Waals surface area contributed by atoms with Crippen molar-refractivity contribution in [3.8, 4) is 0 Å². The molecule has 0 nitrogen and oxygen atoms in total. The average molecular weight is 408 g/mol. The van der Waals surface area contributed by atoms with E-state index in [1.807, 2.05) is 0 Å². The summed E-state index contributed by atoms with van der Waals surface area (Å²) < 4.78 is 0. The van der Waals surface area contributed by atoms with Gasteiger partial charge in [0.05, 0.1) is 0 Å². The van der Waals surface area contributed by atoms with Crippen LogP contribution >= 0.6 is 0 Å². The summed E-state index contributed by atoms with van der Waals surface area (Å²) in [6.07, 6.45) is 0. The van der Waals surface area contributed by atoms with Gasteiger partial charge in [0.25, 0.3) is 0 Å². The summed E-state index contributed by atoms with van der Waals surface area (Å²) in [6, 6.07) is 0. The Morgan fingerprint density at radius 1 is 1.20 bits per heavy atom. The second-order valence-electron chi connectivity index (χ2n) is 0. The molecule has 5 heavy (non-hydrogen) atoms. The SMILES string of the molecule is [Ca+2].[H-].[H-].[Mn].[Se].[Ti].[W]. The molecule has 0 saturated carbocycles. The Bertz CT molecular complexity index is 17.7. The van der Waals surface area contributed by atoms with Gasteiger partial charge in [-0.3, -0.25) is 0 Å². The number of rotatable bonds is 0. The van der Waals surface area contributed by atoms with Crippen LogP contribution in [0.25, 0.3) is 0 Å². The summed E-state index contributed by atoms with van der Waals surface area (Å²) in [6.45, 7) is 0. The molecule has 0 heterocycles. The predicted octanol–water partition coefficient (Wildman–Crippen LogP) is -0.544. The van der Waals surface area contributed by atoms with E-state index in [2.05, 4.69) is 0 Å². The maximum Gasteiger partial charge on any atom is 2.00 e. The van der Waals surface area contributed by atoms with E-state index in [1.165, 1.54) is 0 Å². The first-order chi connectivity index (χ1) is 0. The Hall–Kier alpha value is 3.70. The fourth-order valence-electron chi connectivity index (χ4n) is 0. The molecular formula is H2CaMnSeTiW. The van der Waals surface area contributed by atoms with Crippen LogP contribution in [0.2, 0.25) is 0 Å². The van der Waals surface area contributed by atoms with Crippen LogP contribution in [0.15, 0.2) is 0 Å². The van der Waals surface area contributed by atoms with Crippen LogP contribution in [-0.2, 0) is 59.9 Å². The van der Waals surface area contributed by atoms with E-state index in [4.69, 9.17) is 0 Å². The van der Waals surface area contributed by atoms with Crippen LogP contribution in [-0.4, -0.2) is 54.8 Å². The summed E-state index contributed by atoms with van der Waals surface area (Å²) in [7, 11) is 0. The van der Waals surface area contributed by atoms with E-state index in [1.54, 1.807) is 0 Å². The van der Waals surface area contributed by atoms with Gasteiger partial charge >= 0.3 is 37.7 Å². The summed E-state index contributed by atoms with van der Waals surface area (Å²) in [5, 5.41) is 0. The third-order valence-corrected chi connectivity index (χ3v) is 0. The normalized spacial score (nSPS) is 0. The zero-order chi connectivity index (χ0) is 0. The molecule has 0 bridgehead atoms. The Labute approximate surface area is 115 Å². The second-order valence-corrected chi connectivity index (χ2v) is 0. The minimum absolute atomic E-state index is 0. The molecule has 0 saturated heterocycles. The van der Waals surface area contributed by atoms with Crippen LogP contribution in [0.4, 0.5) is 0 Å². The largest absolute Gasteiger partial charge is 2.00 e. The molecule has 0 aliphatic heterocycles. The van der Waals surface area contributed by atoms with Crippen molar-refractivity contribution >= 4 is 54.8 Å². The van der Waals surface area contributed by atoms with E-state index in [9.17, 15) is 0 Å². The van der Waals surface area contributed by atoms with Crippen molar-refractivity contribution in [2.45, 2.75) is 0 Å². The third kappa shape index (κ3) is 18.3. The first-order valence-corrected chi connectivity index (χ1v) is 0. The van der Waals surface area contributed by atoms with E-state index < -0.39 is 0 Å². The Morgan fingerprint density at radius 3 is 1.20 bits per heavy atom. The fraction of sp³-hybridized carbons (Fsp3) is 0. The van der Waals surface area contributed by atoms with Crippen LogP contribution < -0.4 is 0 Å². The zero-order valence-corrected chi connectivity index (χ0v) is 12.0. The predicted molar refractivity (Wildman–Crippen MR) is 13.7 cm³/mol. The van der Waals surface area contributed by atoms with E-state index in [0.29, 0.717) is 0 Å². The molecule has 0 fully saturated rings. The van der Waals surface area contributed by atoms with Crippen LogP contribution in [0.3, 0.4) is 0 Å². The topological polar surface area (TPSA) is 0 Å². The quantitative estimate of drug-likeness (QED) is 0.473. The molecule has 0 rings (SSSR count). The maximum atomic E-state index is 0.